The fourth-order valence-corrected chi connectivity index (χ4v) is 2.14. The topological polar surface area (TPSA) is 29.5 Å². The van der Waals surface area contributed by atoms with E-state index in [0.29, 0.717) is 5.56 Å². The molecule has 0 aliphatic carbocycles. The van der Waals surface area contributed by atoms with Gasteiger partial charge < -0.3 is 9.84 Å². The maximum absolute atomic E-state index is 13.9. The fourth-order valence-electron chi connectivity index (χ4n) is 2.14. The molecule has 0 aliphatic rings. The maximum atomic E-state index is 13.9. The molecule has 2 rings (SSSR count). The first kappa shape index (κ1) is 14.6. The molecule has 2 unspecified atom stereocenters. The van der Waals surface area contributed by atoms with Gasteiger partial charge in [0.2, 0.25) is 0 Å². The molecule has 2 nitrogen and oxygen atoms in total. The van der Waals surface area contributed by atoms with Crippen LogP contribution in [0, 0.1) is 18.6 Å². The van der Waals surface area contributed by atoms with Gasteiger partial charge in [-0.25, -0.2) is 8.78 Å². The van der Waals surface area contributed by atoms with Crippen LogP contribution in [0.25, 0.3) is 0 Å². The van der Waals surface area contributed by atoms with Crippen molar-refractivity contribution in [3.63, 3.8) is 0 Å². The molecule has 0 bridgehead atoms. The molecule has 0 saturated heterocycles. The van der Waals surface area contributed by atoms with Crippen LogP contribution in [0.1, 0.15) is 28.9 Å². The van der Waals surface area contributed by atoms with E-state index in [1.807, 2.05) is 6.07 Å². The number of aliphatic hydroxyl groups excluding tert-OH is 1. The third-order valence-electron chi connectivity index (χ3n) is 3.29. The Hall–Kier alpha value is -1.78. The summed E-state index contributed by atoms with van der Waals surface area (Å²) in [4.78, 5) is 0. The summed E-state index contributed by atoms with van der Waals surface area (Å²) in [6.45, 7) is 1.47. The zero-order chi connectivity index (χ0) is 14.7. The van der Waals surface area contributed by atoms with E-state index in [9.17, 15) is 13.9 Å². The third-order valence-corrected chi connectivity index (χ3v) is 3.29. The van der Waals surface area contributed by atoms with Gasteiger partial charge in [-0.05, 0) is 18.1 Å². The number of ether oxygens (including phenoxy) is 1. The summed E-state index contributed by atoms with van der Waals surface area (Å²) in [7, 11) is 1.42. The van der Waals surface area contributed by atoms with Gasteiger partial charge in [0, 0.05) is 12.7 Å². The average Bonchev–Trinajstić information content (AvgIpc) is 2.47. The molecule has 0 spiro atoms. The molecule has 2 aromatic carbocycles. The highest BCUT2D eigenvalue weighted by Crippen LogP contribution is 2.33. The molecule has 0 fully saturated rings. The van der Waals surface area contributed by atoms with Gasteiger partial charge in [0.05, 0.1) is 0 Å². The summed E-state index contributed by atoms with van der Waals surface area (Å²) in [6, 6.07) is 11.8. The van der Waals surface area contributed by atoms with Gasteiger partial charge in [0.25, 0.3) is 0 Å². The fraction of sp³-hybridized carbons (Fsp3) is 0.250. The SMILES string of the molecule is COC(c1ccccc1)C(O)c1ccc(C)c(F)c1F. The zero-order valence-corrected chi connectivity index (χ0v) is 11.3. The summed E-state index contributed by atoms with van der Waals surface area (Å²) >= 11 is 0. The van der Waals surface area contributed by atoms with Crippen molar-refractivity contribution in [2.45, 2.75) is 19.1 Å². The Kier molecular flexibility index (Phi) is 4.47. The zero-order valence-electron chi connectivity index (χ0n) is 11.3. The Balaban J connectivity index is 2.39. The summed E-state index contributed by atoms with van der Waals surface area (Å²) in [5.74, 6) is -1.97. The van der Waals surface area contributed by atoms with Crippen molar-refractivity contribution in [3.05, 3.63) is 70.8 Å². The smallest absolute Gasteiger partial charge is 0.164 e. The molecular formula is C16H16F2O2. The Bertz CT molecular complexity index is 585. The quantitative estimate of drug-likeness (QED) is 0.924. The van der Waals surface area contributed by atoms with Crippen LogP contribution in [0.4, 0.5) is 8.78 Å². The molecule has 2 aromatic rings. The largest absolute Gasteiger partial charge is 0.385 e. The van der Waals surface area contributed by atoms with Gasteiger partial charge in [0.15, 0.2) is 11.6 Å². The second kappa shape index (κ2) is 6.11. The lowest BCUT2D eigenvalue weighted by molar-refractivity contribution is -0.0168. The number of aryl methyl sites for hydroxylation is 1. The molecular weight excluding hydrogens is 262 g/mol. The van der Waals surface area contributed by atoms with E-state index in [2.05, 4.69) is 0 Å². The highest BCUT2D eigenvalue weighted by atomic mass is 19.2. The van der Waals surface area contributed by atoms with Crippen molar-refractivity contribution in [2.24, 2.45) is 0 Å². The normalized spacial score (nSPS) is 14.1. The Morgan fingerprint density at radius 1 is 1.00 bits per heavy atom. The highest BCUT2D eigenvalue weighted by Gasteiger charge is 2.26. The van der Waals surface area contributed by atoms with Gasteiger partial charge >= 0.3 is 0 Å². The molecule has 0 radical (unpaired) electrons. The molecule has 4 heteroatoms. The summed E-state index contributed by atoms with van der Waals surface area (Å²) < 4.78 is 32.8. The van der Waals surface area contributed by atoms with Crippen LogP contribution in [0.2, 0.25) is 0 Å². The van der Waals surface area contributed by atoms with E-state index in [0.717, 1.165) is 0 Å². The lowest BCUT2D eigenvalue weighted by Crippen LogP contribution is -2.15. The summed E-state index contributed by atoms with van der Waals surface area (Å²) in [5.41, 5.74) is 0.791. The van der Waals surface area contributed by atoms with Crippen molar-refractivity contribution < 1.29 is 18.6 Å². The minimum atomic E-state index is -1.28. The van der Waals surface area contributed by atoms with Crippen molar-refractivity contribution in [3.8, 4) is 0 Å². The maximum Gasteiger partial charge on any atom is 0.164 e. The second-order valence-electron chi connectivity index (χ2n) is 4.61. The molecule has 20 heavy (non-hydrogen) atoms. The minimum absolute atomic E-state index is 0.108. The van der Waals surface area contributed by atoms with Crippen LogP contribution in [0.3, 0.4) is 0 Å². The molecule has 0 aromatic heterocycles. The number of aliphatic hydroxyl groups is 1. The number of hydrogen-bond acceptors (Lipinski definition) is 2. The van der Waals surface area contributed by atoms with Crippen molar-refractivity contribution >= 4 is 0 Å². The van der Waals surface area contributed by atoms with Crippen LogP contribution < -0.4 is 0 Å². The van der Waals surface area contributed by atoms with E-state index in [-0.39, 0.29) is 11.1 Å². The molecule has 1 N–H and O–H groups in total. The minimum Gasteiger partial charge on any atom is -0.385 e. The van der Waals surface area contributed by atoms with Crippen LogP contribution in [0.5, 0.6) is 0 Å². The molecule has 0 saturated carbocycles. The molecule has 2 atom stereocenters. The van der Waals surface area contributed by atoms with E-state index < -0.39 is 23.8 Å². The van der Waals surface area contributed by atoms with Crippen molar-refractivity contribution in [1.82, 2.24) is 0 Å². The number of rotatable bonds is 4. The number of methoxy groups -OCH3 is 1. The monoisotopic (exact) mass is 278 g/mol. The standard InChI is InChI=1S/C16H16F2O2/c1-10-8-9-12(14(18)13(10)17)15(19)16(20-2)11-6-4-3-5-7-11/h3-9,15-16,19H,1-2H3. The number of hydrogen-bond donors (Lipinski definition) is 1. The summed E-state index contributed by atoms with van der Waals surface area (Å²) in [6.07, 6.45) is -2.04. The average molecular weight is 278 g/mol. The van der Waals surface area contributed by atoms with Gasteiger partial charge in [-0.1, -0.05) is 42.5 Å². The van der Waals surface area contributed by atoms with Gasteiger partial charge in [-0.3, -0.25) is 0 Å². The van der Waals surface area contributed by atoms with Gasteiger partial charge in [0.1, 0.15) is 12.2 Å². The Labute approximate surface area is 116 Å². The van der Waals surface area contributed by atoms with Crippen molar-refractivity contribution in [2.75, 3.05) is 7.11 Å². The molecule has 106 valence electrons. The van der Waals surface area contributed by atoms with E-state index in [1.165, 1.54) is 26.2 Å². The van der Waals surface area contributed by atoms with E-state index in [4.69, 9.17) is 4.74 Å². The second-order valence-corrected chi connectivity index (χ2v) is 4.61. The van der Waals surface area contributed by atoms with Gasteiger partial charge in [-0.15, -0.1) is 0 Å². The Morgan fingerprint density at radius 3 is 2.25 bits per heavy atom. The van der Waals surface area contributed by atoms with E-state index >= 15 is 0 Å². The van der Waals surface area contributed by atoms with Crippen molar-refractivity contribution in [1.29, 1.82) is 0 Å². The van der Waals surface area contributed by atoms with Crippen LogP contribution in [0.15, 0.2) is 42.5 Å². The van der Waals surface area contributed by atoms with Crippen LogP contribution >= 0.6 is 0 Å². The first-order chi connectivity index (χ1) is 9.56. The van der Waals surface area contributed by atoms with Crippen LogP contribution in [-0.2, 0) is 4.74 Å². The first-order valence-corrected chi connectivity index (χ1v) is 6.26. The highest BCUT2D eigenvalue weighted by molar-refractivity contribution is 5.30. The lowest BCUT2D eigenvalue weighted by atomic mass is 9.97. The molecule has 0 amide bonds. The Morgan fingerprint density at radius 2 is 1.65 bits per heavy atom. The predicted molar refractivity (Wildman–Crippen MR) is 72.2 cm³/mol. The van der Waals surface area contributed by atoms with Gasteiger partial charge in [-0.2, -0.15) is 0 Å². The number of halogens is 2. The third kappa shape index (κ3) is 2.71. The molecule has 0 aliphatic heterocycles. The predicted octanol–water partition coefficient (Wildman–Crippen LogP) is 3.69. The lowest BCUT2D eigenvalue weighted by Gasteiger charge is -2.23. The van der Waals surface area contributed by atoms with Crippen LogP contribution in [-0.4, -0.2) is 12.2 Å². The van der Waals surface area contributed by atoms with E-state index in [1.54, 1.807) is 24.3 Å². The number of benzene rings is 2. The first-order valence-electron chi connectivity index (χ1n) is 6.26. The summed E-state index contributed by atoms with van der Waals surface area (Å²) in [5, 5.41) is 10.3. The molecule has 0 heterocycles.